The van der Waals surface area contributed by atoms with E-state index in [1.54, 1.807) is 12.1 Å². The van der Waals surface area contributed by atoms with Gasteiger partial charge in [-0.2, -0.15) is 0 Å². The second-order valence-corrected chi connectivity index (χ2v) is 2.65. The zero-order valence-electron chi connectivity index (χ0n) is 7.66. The fourth-order valence-electron chi connectivity index (χ4n) is 0.973. The smallest absolute Gasteiger partial charge is 0.337 e. The SMILES string of the molecule is O=C(O)c1ccccc1/N=C/C[N+](=O)[O-]. The number of aliphatic imine (C=N–C) groups is 1. The van der Waals surface area contributed by atoms with Crippen molar-refractivity contribution >= 4 is 17.9 Å². The van der Waals surface area contributed by atoms with Gasteiger partial charge in [0.15, 0.2) is 0 Å². The molecule has 0 heterocycles. The molecule has 0 unspecified atom stereocenters. The van der Waals surface area contributed by atoms with E-state index in [-0.39, 0.29) is 11.3 Å². The molecule has 0 aromatic heterocycles. The van der Waals surface area contributed by atoms with E-state index >= 15 is 0 Å². The van der Waals surface area contributed by atoms with Crippen LogP contribution in [0.25, 0.3) is 0 Å². The highest BCUT2D eigenvalue weighted by Gasteiger charge is 2.07. The van der Waals surface area contributed by atoms with E-state index in [0.29, 0.717) is 0 Å². The largest absolute Gasteiger partial charge is 0.478 e. The lowest BCUT2D eigenvalue weighted by molar-refractivity contribution is -0.462. The highest BCUT2D eigenvalue weighted by Crippen LogP contribution is 2.17. The number of hydrogen-bond acceptors (Lipinski definition) is 4. The Balaban J connectivity index is 2.89. The molecule has 0 saturated heterocycles. The lowest BCUT2D eigenvalue weighted by atomic mass is 10.2. The summed E-state index contributed by atoms with van der Waals surface area (Å²) in [6.07, 6.45) is 1.07. The number of benzene rings is 1. The second kappa shape index (κ2) is 4.85. The lowest BCUT2D eigenvalue weighted by Gasteiger charge is -1.98. The molecule has 1 rings (SSSR count). The van der Waals surface area contributed by atoms with Crippen LogP contribution in [0.3, 0.4) is 0 Å². The van der Waals surface area contributed by atoms with Gasteiger partial charge in [0.2, 0.25) is 6.54 Å². The van der Waals surface area contributed by atoms with Crippen LogP contribution in [-0.4, -0.2) is 28.8 Å². The molecule has 0 amide bonds. The molecule has 15 heavy (non-hydrogen) atoms. The van der Waals surface area contributed by atoms with Crippen LogP contribution in [0, 0.1) is 10.1 Å². The molecule has 1 N–H and O–H groups in total. The lowest BCUT2D eigenvalue weighted by Crippen LogP contribution is -2.01. The van der Waals surface area contributed by atoms with Gasteiger partial charge in [-0.3, -0.25) is 15.1 Å². The third kappa shape index (κ3) is 3.18. The highest BCUT2D eigenvalue weighted by atomic mass is 16.6. The van der Waals surface area contributed by atoms with Crippen molar-refractivity contribution in [3.63, 3.8) is 0 Å². The molecular weight excluding hydrogens is 200 g/mol. The second-order valence-electron chi connectivity index (χ2n) is 2.65. The molecule has 0 spiro atoms. The fourth-order valence-corrected chi connectivity index (χ4v) is 0.973. The van der Waals surface area contributed by atoms with Crippen molar-refractivity contribution in [2.24, 2.45) is 4.99 Å². The first-order valence-electron chi connectivity index (χ1n) is 4.08. The first-order valence-corrected chi connectivity index (χ1v) is 4.08. The van der Waals surface area contributed by atoms with Gasteiger partial charge in [0.25, 0.3) is 0 Å². The maximum absolute atomic E-state index is 10.7. The average molecular weight is 208 g/mol. The summed E-state index contributed by atoms with van der Waals surface area (Å²) in [5.74, 6) is -1.11. The molecular formula is C9H8N2O4. The van der Waals surface area contributed by atoms with Gasteiger partial charge in [0, 0.05) is 4.92 Å². The number of para-hydroxylation sites is 1. The van der Waals surface area contributed by atoms with Crippen molar-refractivity contribution < 1.29 is 14.8 Å². The van der Waals surface area contributed by atoms with Crippen LogP contribution in [-0.2, 0) is 0 Å². The zero-order valence-corrected chi connectivity index (χ0v) is 7.66. The summed E-state index contributed by atoms with van der Waals surface area (Å²) in [7, 11) is 0. The van der Waals surface area contributed by atoms with Crippen molar-refractivity contribution in [3.8, 4) is 0 Å². The van der Waals surface area contributed by atoms with Crippen molar-refractivity contribution in [1.29, 1.82) is 0 Å². The Morgan fingerprint density at radius 3 is 2.80 bits per heavy atom. The van der Waals surface area contributed by atoms with Crippen molar-refractivity contribution in [1.82, 2.24) is 0 Å². The first-order chi connectivity index (χ1) is 7.11. The highest BCUT2D eigenvalue weighted by molar-refractivity contribution is 5.94. The molecule has 1 aromatic rings. The van der Waals surface area contributed by atoms with E-state index < -0.39 is 17.4 Å². The molecule has 6 heteroatoms. The summed E-state index contributed by atoms with van der Waals surface area (Å²) in [4.78, 5) is 23.9. The number of rotatable bonds is 4. The molecule has 1 aromatic carbocycles. The van der Waals surface area contributed by atoms with Crippen LogP contribution < -0.4 is 0 Å². The van der Waals surface area contributed by atoms with E-state index in [1.165, 1.54) is 12.1 Å². The number of nitro groups is 1. The summed E-state index contributed by atoms with van der Waals surface area (Å²) < 4.78 is 0. The summed E-state index contributed by atoms with van der Waals surface area (Å²) in [5, 5.41) is 18.8. The van der Waals surface area contributed by atoms with Gasteiger partial charge in [-0.05, 0) is 12.1 Å². The third-order valence-electron chi connectivity index (χ3n) is 1.60. The predicted molar refractivity (Wildman–Crippen MR) is 53.4 cm³/mol. The molecule has 78 valence electrons. The standard InChI is InChI=1S/C9H8N2O4/c12-9(13)7-3-1-2-4-8(7)10-5-6-11(14)15/h1-5H,6H2,(H,12,13)/b10-5+. The number of carbonyl (C=O) groups is 1. The third-order valence-corrected chi connectivity index (χ3v) is 1.60. The number of nitrogens with zero attached hydrogens (tertiary/aromatic N) is 2. The van der Waals surface area contributed by atoms with Crippen LogP contribution in [0.5, 0.6) is 0 Å². The Hall–Kier alpha value is -2.24. The van der Waals surface area contributed by atoms with Gasteiger partial charge < -0.3 is 5.11 Å². The van der Waals surface area contributed by atoms with Crippen molar-refractivity contribution in [3.05, 3.63) is 39.9 Å². The minimum absolute atomic E-state index is 0.0251. The Bertz CT molecular complexity index is 414. The predicted octanol–water partition coefficient (Wildman–Crippen LogP) is 1.36. The number of carboxylic acids is 1. The maximum atomic E-state index is 10.7. The van der Waals surface area contributed by atoms with Crippen LogP contribution in [0.1, 0.15) is 10.4 Å². The quantitative estimate of drug-likeness (QED) is 0.459. The summed E-state index contributed by atoms with van der Waals surface area (Å²) in [6.45, 7) is -0.423. The maximum Gasteiger partial charge on any atom is 0.337 e. The molecule has 0 aliphatic heterocycles. The molecule has 0 aliphatic carbocycles. The summed E-state index contributed by atoms with van der Waals surface area (Å²) in [6, 6.07) is 6.06. The summed E-state index contributed by atoms with van der Waals surface area (Å²) in [5.41, 5.74) is 0.240. The van der Waals surface area contributed by atoms with E-state index in [2.05, 4.69) is 4.99 Å². The topological polar surface area (TPSA) is 92.8 Å². The van der Waals surface area contributed by atoms with Crippen LogP contribution in [0.15, 0.2) is 29.3 Å². The van der Waals surface area contributed by atoms with Gasteiger partial charge >= 0.3 is 5.97 Å². The molecule has 0 radical (unpaired) electrons. The van der Waals surface area contributed by atoms with E-state index in [9.17, 15) is 14.9 Å². The zero-order chi connectivity index (χ0) is 11.3. The molecule has 0 bridgehead atoms. The molecule has 0 fully saturated rings. The van der Waals surface area contributed by atoms with Gasteiger partial charge in [-0.25, -0.2) is 4.79 Å². The normalized spacial score (nSPS) is 10.4. The molecule has 0 atom stereocenters. The number of aromatic carboxylic acids is 1. The van der Waals surface area contributed by atoms with Gasteiger partial charge in [-0.1, -0.05) is 12.1 Å². The monoisotopic (exact) mass is 208 g/mol. The Morgan fingerprint density at radius 2 is 2.20 bits per heavy atom. The van der Waals surface area contributed by atoms with Crippen LogP contribution >= 0.6 is 0 Å². The minimum atomic E-state index is -1.11. The number of carboxylic acid groups (broad SMARTS) is 1. The van der Waals surface area contributed by atoms with Crippen LogP contribution in [0.4, 0.5) is 5.69 Å². The van der Waals surface area contributed by atoms with Crippen LogP contribution in [0.2, 0.25) is 0 Å². The Kier molecular flexibility index (Phi) is 3.50. The van der Waals surface area contributed by atoms with Gasteiger partial charge in [0.05, 0.1) is 17.5 Å². The molecule has 0 aliphatic rings. The van der Waals surface area contributed by atoms with Gasteiger partial charge in [0.1, 0.15) is 0 Å². The molecule has 0 saturated carbocycles. The summed E-state index contributed by atoms with van der Waals surface area (Å²) >= 11 is 0. The van der Waals surface area contributed by atoms with Gasteiger partial charge in [-0.15, -0.1) is 0 Å². The fraction of sp³-hybridized carbons (Fsp3) is 0.111. The number of hydrogen-bond donors (Lipinski definition) is 1. The Labute approximate surface area is 85.0 Å². The van der Waals surface area contributed by atoms with Crippen molar-refractivity contribution in [2.45, 2.75) is 0 Å². The van der Waals surface area contributed by atoms with E-state index in [1.807, 2.05) is 0 Å². The minimum Gasteiger partial charge on any atom is -0.478 e. The van der Waals surface area contributed by atoms with E-state index in [0.717, 1.165) is 6.21 Å². The molecule has 6 nitrogen and oxygen atoms in total. The first kappa shape index (κ1) is 10.8. The average Bonchev–Trinajstić information content (AvgIpc) is 2.17. The Morgan fingerprint density at radius 1 is 1.53 bits per heavy atom. The van der Waals surface area contributed by atoms with Crippen molar-refractivity contribution in [2.75, 3.05) is 6.54 Å². The van der Waals surface area contributed by atoms with E-state index in [4.69, 9.17) is 5.11 Å².